The van der Waals surface area contributed by atoms with Crippen molar-refractivity contribution in [2.45, 2.75) is 40.2 Å². The lowest BCUT2D eigenvalue weighted by Gasteiger charge is -2.26. The molecule has 0 bridgehead atoms. The van der Waals surface area contributed by atoms with Gasteiger partial charge in [0.25, 0.3) is 0 Å². The van der Waals surface area contributed by atoms with Gasteiger partial charge < -0.3 is 10.2 Å². The Balaban J connectivity index is 2.31. The summed E-state index contributed by atoms with van der Waals surface area (Å²) in [6.45, 7) is 11.1. The van der Waals surface area contributed by atoms with Crippen molar-refractivity contribution in [3.05, 3.63) is 29.8 Å². The molecule has 0 fully saturated rings. The fraction of sp³-hybridized carbons (Fsp3) is 0.625. The molecule has 1 aromatic rings. The first kappa shape index (κ1) is 15.0. The summed E-state index contributed by atoms with van der Waals surface area (Å²) < 4.78 is 0. The number of hydrogen-bond donors (Lipinski definition) is 1. The summed E-state index contributed by atoms with van der Waals surface area (Å²) in [4.78, 5) is 2.44. The molecule has 0 aliphatic carbocycles. The van der Waals surface area contributed by atoms with Crippen molar-refractivity contribution in [3.63, 3.8) is 0 Å². The molecule has 2 heteroatoms. The maximum atomic E-state index is 3.51. The number of anilines is 1. The Labute approximate surface area is 112 Å². The molecule has 0 aliphatic rings. The quantitative estimate of drug-likeness (QED) is 0.790. The molecule has 1 rings (SSSR count). The Hall–Kier alpha value is -1.02. The van der Waals surface area contributed by atoms with Gasteiger partial charge in [0, 0.05) is 24.8 Å². The molecule has 0 saturated heterocycles. The third kappa shape index (κ3) is 5.09. The van der Waals surface area contributed by atoms with Gasteiger partial charge in [-0.3, -0.25) is 0 Å². The molecule has 0 aromatic heterocycles. The van der Waals surface area contributed by atoms with Crippen LogP contribution in [0.3, 0.4) is 0 Å². The molecule has 102 valence electrons. The molecule has 0 saturated carbocycles. The number of benzene rings is 1. The number of rotatable bonds is 7. The van der Waals surface area contributed by atoms with Crippen LogP contribution >= 0.6 is 0 Å². The summed E-state index contributed by atoms with van der Waals surface area (Å²) in [5, 5.41) is 3.51. The lowest BCUT2D eigenvalue weighted by atomic mass is 10.0. The lowest BCUT2D eigenvalue weighted by molar-refractivity contribution is 0.236. The van der Waals surface area contributed by atoms with Crippen LogP contribution in [0.5, 0.6) is 0 Å². The lowest BCUT2D eigenvalue weighted by Crippen LogP contribution is -2.34. The second-order valence-electron chi connectivity index (χ2n) is 5.70. The van der Waals surface area contributed by atoms with Crippen molar-refractivity contribution in [2.75, 3.05) is 25.5 Å². The molecule has 0 radical (unpaired) electrons. The highest BCUT2D eigenvalue weighted by molar-refractivity contribution is 5.50. The van der Waals surface area contributed by atoms with Gasteiger partial charge in [-0.25, -0.2) is 0 Å². The van der Waals surface area contributed by atoms with Crippen LogP contribution in [0.4, 0.5) is 5.69 Å². The number of hydrogen-bond acceptors (Lipinski definition) is 2. The molecule has 1 unspecified atom stereocenters. The summed E-state index contributed by atoms with van der Waals surface area (Å²) in [5.41, 5.74) is 2.57. The van der Waals surface area contributed by atoms with E-state index >= 15 is 0 Å². The highest BCUT2D eigenvalue weighted by Crippen LogP contribution is 2.13. The van der Waals surface area contributed by atoms with Gasteiger partial charge in [0.2, 0.25) is 0 Å². The molecule has 0 heterocycles. The number of likely N-dealkylation sites (N-methyl/N-ethyl adjacent to an activating group) is 1. The predicted octanol–water partition coefficient (Wildman–Crippen LogP) is 3.77. The van der Waals surface area contributed by atoms with Gasteiger partial charge in [-0.05, 0) is 44.9 Å². The first-order valence-electron chi connectivity index (χ1n) is 7.00. The van der Waals surface area contributed by atoms with E-state index in [9.17, 15) is 0 Å². The third-order valence-electron chi connectivity index (χ3n) is 3.49. The molecule has 1 aromatic carbocycles. The van der Waals surface area contributed by atoms with Crippen molar-refractivity contribution in [3.8, 4) is 0 Å². The topological polar surface area (TPSA) is 15.3 Å². The maximum absolute atomic E-state index is 3.51. The predicted molar refractivity (Wildman–Crippen MR) is 81.2 cm³/mol. The first-order chi connectivity index (χ1) is 8.50. The van der Waals surface area contributed by atoms with Crippen LogP contribution in [-0.4, -0.2) is 31.1 Å². The van der Waals surface area contributed by atoms with Crippen molar-refractivity contribution >= 4 is 5.69 Å². The van der Waals surface area contributed by atoms with Crippen molar-refractivity contribution in [2.24, 2.45) is 5.92 Å². The number of para-hydroxylation sites is 1. The molecule has 18 heavy (non-hydrogen) atoms. The van der Waals surface area contributed by atoms with E-state index in [1.807, 2.05) is 0 Å². The zero-order valence-electron chi connectivity index (χ0n) is 12.5. The van der Waals surface area contributed by atoms with Crippen LogP contribution in [0.15, 0.2) is 24.3 Å². The van der Waals surface area contributed by atoms with Gasteiger partial charge in [0.05, 0.1) is 0 Å². The minimum Gasteiger partial charge on any atom is -0.384 e. The first-order valence-corrected chi connectivity index (χ1v) is 7.00. The van der Waals surface area contributed by atoms with E-state index in [2.05, 4.69) is 69.2 Å². The van der Waals surface area contributed by atoms with Crippen LogP contribution in [0.2, 0.25) is 0 Å². The Morgan fingerprint density at radius 3 is 2.44 bits per heavy atom. The van der Waals surface area contributed by atoms with E-state index in [0.29, 0.717) is 6.04 Å². The summed E-state index contributed by atoms with van der Waals surface area (Å²) in [6.07, 6.45) is 1.26. The minimum absolute atomic E-state index is 0.656. The normalized spacial score (nSPS) is 13.1. The van der Waals surface area contributed by atoms with Crippen molar-refractivity contribution in [1.29, 1.82) is 0 Å². The SMILES string of the molecule is Cc1ccccc1NCCN(C)C(C)CC(C)C. The van der Waals surface area contributed by atoms with E-state index in [4.69, 9.17) is 0 Å². The fourth-order valence-electron chi connectivity index (χ4n) is 2.22. The monoisotopic (exact) mass is 248 g/mol. The Bertz CT molecular complexity index is 347. The molecule has 0 aliphatic heterocycles. The molecule has 1 atom stereocenters. The second kappa shape index (κ2) is 7.42. The highest BCUT2D eigenvalue weighted by atomic mass is 15.1. The van der Waals surface area contributed by atoms with Crippen LogP contribution in [0, 0.1) is 12.8 Å². The van der Waals surface area contributed by atoms with Crippen molar-refractivity contribution in [1.82, 2.24) is 4.90 Å². The van der Waals surface area contributed by atoms with E-state index in [1.165, 1.54) is 17.7 Å². The van der Waals surface area contributed by atoms with E-state index in [-0.39, 0.29) is 0 Å². The maximum Gasteiger partial charge on any atom is 0.0370 e. The average Bonchev–Trinajstić information content (AvgIpc) is 2.30. The number of aryl methyl sites for hydroxylation is 1. The van der Waals surface area contributed by atoms with Crippen LogP contribution in [0.1, 0.15) is 32.8 Å². The summed E-state index contributed by atoms with van der Waals surface area (Å²) in [7, 11) is 2.21. The summed E-state index contributed by atoms with van der Waals surface area (Å²) >= 11 is 0. The number of nitrogens with zero attached hydrogens (tertiary/aromatic N) is 1. The van der Waals surface area contributed by atoms with Gasteiger partial charge in [-0.1, -0.05) is 32.0 Å². The van der Waals surface area contributed by atoms with Gasteiger partial charge in [0.15, 0.2) is 0 Å². The molecule has 2 nitrogen and oxygen atoms in total. The largest absolute Gasteiger partial charge is 0.384 e. The Kier molecular flexibility index (Phi) is 6.20. The zero-order valence-corrected chi connectivity index (χ0v) is 12.5. The molecule has 1 N–H and O–H groups in total. The summed E-state index contributed by atoms with van der Waals surface area (Å²) in [6, 6.07) is 9.11. The van der Waals surface area contributed by atoms with Crippen LogP contribution in [-0.2, 0) is 0 Å². The van der Waals surface area contributed by atoms with E-state index < -0.39 is 0 Å². The molecular weight excluding hydrogens is 220 g/mol. The highest BCUT2D eigenvalue weighted by Gasteiger charge is 2.10. The molecule has 0 amide bonds. The van der Waals surface area contributed by atoms with Gasteiger partial charge in [-0.15, -0.1) is 0 Å². The van der Waals surface area contributed by atoms with E-state index in [0.717, 1.165) is 19.0 Å². The van der Waals surface area contributed by atoms with E-state index in [1.54, 1.807) is 0 Å². The zero-order chi connectivity index (χ0) is 13.5. The van der Waals surface area contributed by atoms with Crippen LogP contribution in [0.25, 0.3) is 0 Å². The molecule has 0 spiro atoms. The van der Waals surface area contributed by atoms with Gasteiger partial charge >= 0.3 is 0 Å². The average molecular weight is 248 g/mol. The van der Waals surface area contributed by atoms with Crippen LogP contribution < -0.4 is 5.32 Å². The third-order valence-corrected chi connectivity index (χ3v) is 3.49. The Morgan fingerprint density at radius 2 is 1.83 bits per heavy atom. The minimum atomic E-state index is 0.656. The van der Waals surface area contributed by atoms with Gasteiger partial charge in [0.1, 0.15) is 0 Å². The number of nitrogens with one attached hydrogen (secondary N) is 1. The second-order valence-corrected chi connectivity index (χ2v) is 5.70. The summed E-state index contributed by atoms with van der Waals surface area (Å²) in [5.74, 6) is 0.770. The smallest absolute Gasteiger partial charge is 0.0370 e. The molecular formula is C16H28N2. The fourth-order valence-corrected chi connectivity index (χ4v) is 2.22. The van der Waals surface area contributed by atoms with Crippen molar-refractivity contribution < 1.29 is 0 Å². The standard InChI is InChI=1S/C16H28N2/c1-13(2)12-15(4)18(5)11-10-17-16-9-7-6-8-14(16)3/h6-9,13,15,17H,10-12H2,1-5H3. The Morgan fingerprint density at radius 1 is 1.17 bits per heavy atom. The van der Waals surface area contributed by atoms with Gasteiger partial charge in [-0.2, -0.15) is 0 Å².